The smallest absolute Gasteiger partial charge is 0.236 e. The summed E-state index contributed by atoms with van der Waals surface area (Å²) >= 11 is 0. The Morgan fingerprint density at radius 2 is 1.68 bits per heavy atom. The van der Waals surface area contributed by atoms with E-state index in [1.807, 2.05) is 23.6 Å². The molecule has 7 heteroatoms. The van der Waals surface area contributed by atoms with Gasteiger partial charge in [-0.25, -0.2) is 0 Å². The number of amides is 2. The number of rotatable bonds is 7. The van der Waals surface area contributed by atoms with Gasteiger partial charge in [-0.3, -0.25) is 14.5 Å². The number of piperazine rings is 1. The number of ether oxygens (including phenoxy) is 1. The Hall–Kier alpha value is -1.18. The number of carbonyl (C=O) groups excluding carboxylic acids is 2. The lowest BCUT2D eigenvalue weighted by molar-refractivity contribution is -0.149. The maximum atomic E-state index is 13.1. The van der Waals surface area contributed by atoms with Gasteiger partial charge in [0.15, 0.2) is 0 Å². The van der Waals surface area contributed by atoms with E-state index in [1.54, 1.807) is 7.11 Å². The second kappa shape index (κ2) is 9.50. The van der Waals surface area contributed by atoms with Crippen molar-refractivity contribution < 1.29 is 14.3 Å². The van der Waals surface area contributed by atoms with Gasteiger partial charge < -0.3 is 19.9 Å². The minimum Gasteiger partial charge on any atom is -0.384 e. The van der Waals surface area contributed by atoms with Gasteiger partial charge in [-0.2, -0.15) is 0 Å². The summed E-state index contributed by atoms with van der Waals surface area (Å²) in [5, 5.41) is 3.33. The summed E-state index contributed by atoms with van der Waals surface area (Å²) in [6.07, 6.45) is 1.67. The molecule has 2 saturated heterocycles. The summed E-state index contributed by atoms with van der Waals surface area (Å²) in [5.41, 5.74) is -0.376. The van der Waals surface area contributed by atoms with Crippen molar-refractivity contribution in [3.05, 3.63) is 0 Å². The fraction of sp³-hybridized carbons (Fsp3) is 0.889. The first-order valence-corrected chi connectivity index (χ1v) is 9.55. The number of nitrogens with zero attached hydrogens (tertiary/aromatic N) is 3. The molecule has 7 nitrogen and oxygen atoms in total. The minimum absolute atomic E-state index is 0.180. The SMILES string of the molecule is CCN(CC)C(=O)CN1CCN(C(=O)C2(COC)CCNCC2)CC1. The molecule has 0 saturated carbocycles. The molecule has 2 heterocycles. The molecule has 0 bridgehead atoms. The maximum Gasteiger partial charge on any atom is 0.236 e. The van der Waals surface area contributed by atoms with E-state index in [1.165, 1.54) is 0 Å². The number of hydrogen-bond donors (Lipinski definition) is 1. The van der Waals surface area contributed by atoms with Crippen molar-refractivity contribution >= 4 is 11.8 Å². The molecular weight excluding hydrogens is 320 g/mol. The van der Waals surface area contributed by atoms with Crippen LogP contribution in [0.3, 0.4) is 0 Å². The average molecular weight is 354 g/mol. The molecule has 0 radical (unpaired) electrons. The van der Waals surface area contributed by atoms with Crippen LogP contribution in [0, 0.1) is 5.41 Å². The monoisotopic (exact) mass is 354 g/mol. The predicted octanol–water partition coefficient (Wildman–Crippen LogP) is 0.0152. The summed E-state index contributed by atoms with van der Waals surface area (Å²) in [6, 6.07) is 0. The van der Waals surface area contributed by atoms with E-state index >= 15 is 0 Å². The molecule has 0 aromatic carbocycles. The number of methoxy groups -OCH3 is 1. The Balaban J connectivity index is 1.88. The topological polar surface area (TPSA) is 65.1 Å². The molecule has 0 aliphatic carbocycles. The molecule has 25 heavy (non-hydrogen) atoms. The second-order valence-corrected chi connectivity index (χ2v) is 7.10. The van der Waals surface area contributed by atoms with Gasteiger partial charge in [0.05, 0.1) is 18.6 Å². The number of carbonyl (C=O) groups is 2. The van der Waals surface area contributed by atoms with Crippen LogP contribution in [0.2, 0.25) is 0 Å². The molecule has 2 aliphatic heterocycles. The molecule has 0 aromatic rings. The van der Waals surface area contributed by atoms with Gasteiger partial charge in [0.1, 0.15) is 0 Å². The zero-order valence-electron chi connectivity index (χ0n) is 16.1. The van der Waals surface area contributed by atoms with E-state index < -0.39 is 0 Å². The molecule has 0 unspecified atom stereocenters. The van der Waals surface area contributed by atoms with Crippen LogP contribution in [0.5, 0.6) is 0 Å². The Bertz CT molecular complexity index is 434. The first kappa shape index (κ1) is 20.1. The third-order valence-corrected chi connectivity index (χ3v) is 5.57. The fourth-order valence-corrected chi connectivity index (χ4v) is 3.91. The molecule has 2 amide bonds. The largest absolute Gasteiger partial charge is 0.384 e. The van der Waals surface area contributed by atoms with Gasteiger partial charge >= 0.3 is 0 Å². The third kappa shape index (κ3) is 4.92. The Morgan fingerprint density at radius 3 is 2.20 bits per heavy atom. The van der Waals surface area contributed by atoms with Crippen LogP contribution in [-0.2, 0) is 14.3 Å². The van der Waals surface area contributed by atoms with Crippen LogP contribution >= 0.6 is 0 Å². The number of nitrogens with one attached hydrogen (secondary N) is 1. The zero-order valence-corrected chi connectivity index (χ0v) is 16.1. The normalized spacial score (nSPS) is 21.2. The standard InChI is InChI=1S/C18H34N4O3/c1-4-21(5-2)16(23)14-20-10-12-22(13-11-20)17(24)18(15-25-3)6-8-19-9-7-18/h19H,4-15H2,1-3H3. The van der Waals surface area contributed by atoms with Crippen LogP contribution in [-0.4, -0.2) is 99.1 Å². The minimum atomic E-state index is -0.376. The quantitative estimate of drug-likeness (QED) is 0.698. The zero-order chi connectivity index (χ0) is 18.3. The highest BCUT2D eigenvalue weighted by Gasteiger charge is 2.42. The van der Waals surface area contributed by atoms with Crippen molar-refractivity contribution in [2.24, 2.45) is 5.41 Å². The lowest BCUT2D eigenvalue weighted by Crippen LogP contribution is -2.57. The van der Waals surface area contributed by atoms with Gasteiger partial charge in [-0.05, 0) is 39.8 Å². The highest BCUT2D eigenvalue weighted by Crippen LogP contribution is 2.32. The first-order valence-electron chi connectivity index (χ1n) is 9.55. The van der Waals surface area contributed by atoms with Gasteiger partial charge in [-0.1, -0.05) is 0 Å². The Morgan fingerprint density at radius 1 is 1.08 bits per heavy atom. The third-order valence-electron chi connectivity index (χ3n) is 5.57. The van der Waals surface area contributed by atoms with Crippen molar-refractivity contribution in [1.29, 1.82) is 0 Å². The predicted molar refractivity (Wildman–Crippen MR) is 97.4 cm³/mol. The van der Waals surface area contributed by atoms with E-state index in [0.717, 1.165) is 52.1 Å². The molecule has 2 aliphatic rings. The molecule has 0 atom stereocenters. The molecule has 2 fully saturated rings. The van der Waals surface area contributed by atoms with Gasteiger partial charge in [0.25, 0.3) is 0 Å². The van der Waals surface area contributed by atoms with Gasteiger partial charge in [0.2, 0.25) is 11.8 Å². The van der Waals surface area contributed by atoms with E-state index in [-0.39, 0.29) is 17.2 Å². The molecule has 1 N–H and O–H groups in total. The van der Waals surface area contributed by atoms with Crippen LogP contribution in [0.4, 0.5) is 0 Å². The summed E-state index contributed by atoms with van der Waals surface area (Å²) in [4.78, 5) is 31.4. The molecule has 2 rings (SSSR count). The highest BCUT2D eigenvalue weighted by molar-refractivity contribution is 5.83. The van der Waals surface area contributed by atoms with E-state index in [4.69, 9.17) is 4.74 Å². The lowest BCUT2D eigenvalue weighted by atomic mass is 9.78. The van der Waals surface area contributed by atoms with Crippen LogP contribution in [0.25, 0.3) is 0 Å². The maximum absolute atomic E-state index is 13.1. The molecular formula is C18H34N4O3. The summed E-state index contributed by atoms with van der Waals surface area (Å²) in [5.74, 6) is 0.407. The van der Waals surface area contributed by atoms with Crippen LogP contribution < -0.4 is 5.32 Å². The van der Waals surface area contributed by atoms with Crippen LogP contribution in [0.1, 0.15) is 26.7 Å². The van der Waals surface area contributed by atoms with E-state index in [0.29, 0.717) is 26.2 Å². The summed E-state index contributed by atoms with van der Waals surface area (Å²) < 4.78 is 5.39. The Labute approximate surface area is 151 Å². The van der Waals surface area contributed by atoms with E-state index in [2.05, 4.69) is 10.2 Å². The molecule has 0 aromatic heterocycles. The van der Waals surface area contributed by atoms with Crippen molar-refractivity contribution in [3.63, 3.8) is 0 Å². The number of hydrogen-bond acceptors (Lipinski definition) is 5. The molecule has 144 valence electrons. The summed E-state index contributed by atoms with van der Waals surface area (Å²) in [6.45, 7) is 11.1. The van der Waals surface area contributed by atoms with E-state index in [9.17, 15) is 9.59 Å². The molecule has 0 spiro atoms. The van der Waals surface area contributed by atoms with Crippen molar-refractivity contribution in [1.82, 2.24) is 20.0 Å². The van der Waals surface area contributed by atoms with Crippen molar-refractivity contribution in [2.45, 2.75) is 26.7 Å². The van der Waals surface area contributed by atoms with Crippen molar-refractivity contribution in [2.75, 3.05) is 72.6 Å². The van der Waals surface area contributed by atoms with Crippen molar-refractivity contribution in [3.8, 4) is 0 Å². The van der Waals surface area contributed by atoms with Gasteiger partial charge in [-0.15, -0.1) is 0 Å². The number of piperidine rings is 1. The highest BCUT2D eigenvalue weighted by atomic mass is 16.5. The Kier molecular flexibility index (Phi) is 7.65. The average Bonchev–Trinajstić information content (AvgIpc) is 2.64. The fourth-order valence-electron chi connectivity index (χ4n) is 3.91. The first-order chi connectivity index (χ1) is 12.1. The summed E-state index contributed by atoms with van der Waals surface area (Å²) in [7, 11) is 1.67. The van der Waals surface area contributed by atoms with Gasteiger partial charge in [0, 0.05) is 46.4 Å². The number of likely N-dealkylation sites (N-methyl/N-ethyl adjacent to an activating group) is 1. The second-order valence-electron chi connectivity index (χ2n) is 7.10. The van der Waals surface area contributed by atoms with Crippen LogP contribution in [0.15, 0.2) is 0 Å². The lowest BCUT2D eigenvalue weighted by Gasteiger charge is -2.42.